The first-order valence-electron chi connectivity index (χ1n) is 6.95. The predicted octanol–water partition coefficient (Wildman–Crippen LogP) is 1.26. The summed E-state index contributed by atoms with van der Waals surface area (Å²) in [5.41, 5.74) is -0.490. The molecule has 5 heteroatoms. The molecule has 0 spiro atoms. The summed E-state index contributed by atoms with van der Waals surface area (Å²) in [6, 6.07) is 0. The Labute approximate surface area is 114 Å². The van der Waals surface area contributed by atoms with Crippen LogP contribution < -0.4 is 5.32 Å². The Morgan fingerprint density at radius 3 is 2.11 bits per heavy atom. The number of rotatable bonds is 7. The number of hydrogen-bond donors (Lipinski definition) is 3. The van der Waals surface area contributed by atoms with Crippen LogP contribution in [-0.2, 0) is 9.59 Å². The molecule has 0 radical (unpaired) electrons. The first kappa shape index (κ1) is 16.0. The van der Waals surface area contributed by atoms with E-state index in [1.165, 1.54) is 0 Å². The molecule has 5 nitrogen and oxygen atoms in total. The standard InChI is InChI=1S/C14H25NO4/c1-5-8(6-2)9(16)7-15-12(17)10-11(13(18)19)14(10,3)4/h8-11,16H,5-7H2,1-4H3,(H,15,17)(H,18,19)/t9?,10-,11+/m1/s1. The van der Waals surface area contributed by atoms with Crippen molar-refractivity contribution in [3.05, 3.63) is 0 Å². The van der Waals surface area contributed by atoms with Crippen LogP contribution in [-0.4, -0.2) is 34.7 Å². The van der Waals surface area contributed by atoms with Gasteiger partial charge in [-0.2, -0.15) is 0 Å². The third-order valence-corrected chi connectivity index (χ3v) is 4.45. The second-order valence-electron chi connectivity index (χ2n) is 6.00. The normalized spacial score (nSPS) is 26.0. The summed E-state index contributed by atoms with van der Waals surface area (Å²) in [5.74, 6) is -2.12. The smallest absolute Gasteiger partial charge is 0.307 e. The summed E-state index contributed by atoms with van der Waals surface area (Å²) in [7, 11) is 0. The van der Waals surface area contributed by atoms with Crippen molar-refractivity contribution >= 4 is 11.9 Å². The van der Waals surface area contributed by atoms with Gasteiger partial charge in [0.25, 0.3) is 0 Å². The van der Waals surface area contributed by atoms with E-state index in [0.717, 1.165) is 12.8 Å². The average molecular weight is 271 g/mol. The van der Waals surface area contributed by atoms with Gasteiger partial charge in [-0.3, -0.25) is 9.59 Å². The van der Waals surface area contributed by atoms with Crippen LogP contribution in [0.15, 0.2) is 0 Å². The molecule has 0 saturated heterocycles. The van der Waals surface area contributed by atoms with Crippen LogP contribution in [0.4, 0.5) is 0 Å². The number of amides is 1. The second-order valence-corrected chi connectivity index (χ2v) is 6.00. The van der Waals surface area contributed by atoms with Crippen LogP contribution in [0.2, 0.25) is 0 Å². The fourth-order valence-electron chi connectivity index (χ4n) is 2.90. The minimum Gasteiger partial charge on any atom is -0.481 e. The van der Waals surface area contributed by atoms with Crippen molar-refractivity contribution in [2.24, 2.45) is 23.2 Å². The quantitative estimate of drug-likeness (QED) is 0.650. The topological polar surface area (TPSA) is 86.6 Å². The van der Waals surface area contributed by atoms with E-state index in [4.69, 9.17) is 5.11 Å². The minimum absolute atomic E-state index is 0.169. The van der Waals surface area contributed by atoms with Crippen molar-refractivity contribution < 1.29 is 19.8 Å². The molecular weight excluding hydrogens is 246 g/mol. The molecule has 110 valence electrons. The van der Waals surface area contributed by atoms with E-state index in [-0.39, 0.29) is 18.4 Å². The molecular formula is C14H25NO4. The molecule has 0 heterocycles. The molecule has 3 atom stereocenters. The predicted molar refractivity (Wildman–Crippen MR) is 71.5 cm³/mol. The van der Waals surface area contributed by atoms with Crippen LogP contribution in [0.5, 0.6) is 0 Å². The van der Waals surface area contributed by atoms with Crippen LogP contribution in [0.3, 0.4) is 0 Å². The molecule has 19 heavy (non-hydrogen) atoms. The van der Waals surface area contributed by atoms with Crippen molar-refractivity contribution in [1.82, 2.24) is 5.32 Å². The maximum absolute atomic E-state index is 12.0. The van der Waals surface area contributed by atoms with E-state index in [0.29, 0.717) is 0 Å². The van der Waals surface area contributed by atoms with Crippen LogP contribution in [0.25, 0.3) is 0 Å². The fraction of sp³-hybridized carbons (Fsp3) is 0.857. The highest BCUT2D eigenvalue weighted by molar-refractivity contribution is 5.91. The molecule has 0 aromatic carbocycles. The Bertz CT molecular complexity index is 349. The summed E-state index contributed by atoms with van der Waals surface area (Å²) in [5, 5.41) is 21.6. The summed E-state index contributed by atoms with van der Waals surface area (Å²) < 4.78 is 0. The van der Waals surface area contributed by atoms with Gasteiger partial charge in [0, 0.05) is 6.54 Å². The maximum atomic E-state index is 12.0. The van der Waals surface area contributed by atoms with Gasteiger partial charge < -0.3 is 15.5 Å². The third-order valence-electron chi connectivity index (χ3n) is 4.45. The van der Waals surface area contributed by atoms with E-state index in [1.807, 2.05) is 13.8 Å². The molecule has 1 aliphatic carbocycles. The minimum atomic E-state index is -0.925. The zero-order valence-corrected chi connectivity index (χ0v) is 12.1. The third kappa shape index (κ3) is 3.26. The van der Waals surface area contributed by atoms with Crippen molar-refractivity contribution in [2.45, 2.75) is 46.6 Å². The van der Waals surface area contributed by atoms with Gasteiger partial charge in [0.15, 0.2) is 0 Å². The number of carboxylic acid groups (broad SMARTS) is 1. The summed E-state index contributed by atoms with van der Waals surface area (Å²) in [6.45, 7) is 7.78. The summed E-state index contributed by atoms with van der Waals surface area (Å²) in [6.07, 6.45) is 1.16. The SMILES string of the molecule is CCC(CC)C(O)CNC(=O)[C@H]1[C@@H](C(=O)O)C1(C)C. The van der Waals surface area contributed by atoms with E-state index >= 15 is 0 Å². The van der Waals surface area contributed by atoms with E-state index in [1.54, 1.807) is 13.8 Å². The van der Waals surface area contributed by atoms with Crippen LogP contribution >= 0.6 is 0 Å². The fourth-order valence-corrected chi connectivity index (χ4v) is 2.90. The number of carboxylic acids is 1. The molecule has 1 amide bonds. The van der Waals surface area contributed by atoms with Crippen molar-refractivity contribution in [3.63, 3.8) is 0 Å². The number of aliphatic hydroxyl groups is 1. The Hall–Kier alpha value is -1.10. The largest absolute Gasteiger partial charge is 0.481 e. The highest BCUT2D eigenvalue weighted by atomic mass is 16.4. The van der Waals surface area contributed by atoms with E-state index in [9.17, 15) is 14.7 Å². The highest BCUT2D eigenvalue weighted by Crippen LogP contribution is 2.58. The number of aliphatic hydroxyl groups excluding tert-OH is 1. The summed E-state index contributed by atoms with van der Waals surface area (Å²) >= 11 is 0. The van der Waals surface area contributed by atoms with E-state index < -0.39 is 29.3 Å². The first-order chi connectivity index (χ1) is 8.77. The molecule has 1 rings (SSSR count). The van der Waals surface area contributed by atoms with Crippen molar-refractivity contribution in [3.8, 4) is 0 Å². The Morgan fingerprint density at radius 2 is 1.74 bits per heavy atom. The Kier molecular flexibility index (Phi) is 4.96. The molecule has 0 aromatic heterocycles. The zero-order valence-electron chi connectivity index (χ0n) is 12.1. The molecule has 0 aliphatic heterocycles. The van der Waals surface area contributed by atoms with Gasteiger partial charge in [-0.05, 0) is 11.3 Å². The lowest BCUT2D eigenvalue weighted by Gasteiger charge is -2.20. The zero-order chi connectivity index (χ0) is 14.8. The average Bonchev–Trinajstić information content (AvgIpc) is 2.91. The van der Waals surface area contributed by atoms with E-state index in [2.05, 4.69) is 5.32 Å². The van der Waals surface area contributed by atoms with Crippen LogP contribution in [0, 0.1) is 23.2 Å². The van der Waals surface area contributed by atoms with Gasteiger partial charge >= 0.3 is 5.97 Å². The Balaban J connectivity index is 2.47. The molecule has 1 unspecified atom stereocenters. The summed E-state index contributed by atoms with van der Waals surface area (Å²) in [4.78, 5) is 23.0. The molecule has 1 aliphatic rings. The molecule has 1 fully saturated rings. The van der Waals surface area contributed by atoms with Gasteiger partial charge in [-0.1, -0.05) is 40.5 Å². The number of aliphatic carboxylic acids is 1. The highest BCUT2D eigenvalue weighted by Gasteiger charge is 2.65. The Morgan fingerprint density at radius 1 is 1.21 bits per heavy atom. The van der Waals surface area contributed by atoms with Gasteiger partial charge in [-0.15, -0.1) is 0 Å². The number of hydrogen-bond acceptors (Lipinski definition) is 3. The number of nitrogens with one attached hydrogen (secondary N) is 1. The van der Waals surface area contributed by atoms with Crippen LogP contribution in [0.1, 0.15) is 40.5 Å². The maximum Gasteiger partial charge on any atom is 0.307 e. The lowest BCUT2D eigenvalue weighted by Crippen LogP contribution is -2.37. The number of carbonyl (C=O) groups is 2. The molecule has 1 saturated carbocycles. The molecule has 0 bridgehead atoms. The van der Waals surface area contributed by atoms with Gasteiger partial charge in [-0.25, -0.2) is 0 Å². The molecule has 3 N–H and O–H groups in total. The van der Waals surface area contributed by atoms with Crippen molar-refractivity contribution in [2.75, 3.05) is 6.54 Å². The lowest BCUT2D eigenvalue weighted by molar-refractivity contribution is -0.140. The van der Waals surface area contributed by atoms with Gasteiger partial charge in [0.2, 0.25) is 5.91 Å². The van der Waals surface area contributed by atoms with Gasteiger partial charge in [0.1, 0.15) is 0 Å². The van der Waals surface area contributed by atoms with Crippen molar-refractivity contribution in [1.29, 1.82) is 0 Å². The van der Waals surface area contributed by atoms with Gasteiger partial charge in [0.05, 0.1) is 17.9 Å². The molecule has 0 aromatic rings. The lowest BCUT2D eigenvalue weighted by atomic mass is 9.96. The monoisotopic (exact) mass is 271 g/mol. The number of carbonyl (C=O) groups excluding carboxylic acids is 1. The second kappa shape index (κ2) is 5.90. The first-order valence-corrected chi connectivity index (χ1v) is 6.95.